The summed E-state index contributed by atoms with van der Waals surface area (Å²) in [6, 6.07) is 8.40. The fourth-order valence-corrected chi connectivity index (χ4v) is 2.02. The van der Waals surface area contributed by atoms with Crippen molar-refractivity contribution in [2.45, 2.75) is 26.4 Å². The highest BCUT2D eigenvalue weighted by molar-refractivity contribution is 5.48. The molecule has 0 spiro atoms. The summed E-state index contributed by atoms with van der Waals surface area (Å²) in [5, 5.41) is 15.9. The van der Waals surface area contributed by atoms with Gasteiger partial charge in [0.25, 0.3) is 0 Å². The van der Waals surface area contributed by atoms with E-state index in [1.54, 1.807) is 17.2 Å². The first kappa shape index (κ1) is 13.4. The molecule has 0 aliphatic rings. The van der Waals surface area contributed by atoms with Gasteiger partial charge in [0.15, 0.2) is 0 Å². The number of nitrogens with one attached hydrogen (secondary N) is 1. The van der Waals surface area contributed by atoms with E-state index in [1.165, 1.54) is 5.56 Å². The number of rotatable bonds is 5. The van der Waals surface area contributed by atoms with Crippen molar-refractivity contribution in [1.29, 1.82) is 0 Å². The SMILES string of the molecule is CC(C)n1cc(CNc2ccc(-n3nccn3)cc2)cn1. The maximum absolute atomic E-state index is 4.33. The van der Waals surface area contributed by atoms with Gasteiger partial charge in [0, 0.05) is 30.0 Å². The number of benzene rings is 1. The predicted octanol–water partition coefficient (Wildman–Crippen LogP) is 2.66. The van der Waals surface area contributed by atoms with Gasteiger partial charge in [0.05, 0.1) is 24.3 Å². The fraction of sp³-hybridized carbons (Fsp3) is 0.267. The summed E-state index contributed by atoms with van der Waals surface area (Å²) in [4.78, 5) is 1.59. The molecular formula is C15H18N6. The van der Waals surface area contributed by atoms with E-state index in [0.29, 0.717) is 6.04 Å². The number of hydrogen-bond donors (Lipinski definition) is 1. The van der Waals surface area contributed by atoms with Crippen LogP contribution in [0.25, 0.3) is 5.69 Å². The molecule has 0 fully saturated rings. The zero-order valence-electron chi connectivity index (χ0n) is 12.1. The van der Waals surface area contributed by atoms with Crippen LogP contribution in [0.4, 0.5) is 5.69 Å². The first-order valence-electron chi connectivity index (χ1n) is 6.96. The molecule has 1 aromatic carbocycles. The van der Waals surface area contributed by atoms with Gasteiger partial charge in [0.1, 0.15) is 0 Å². The van der Waals surface area contributed by atoms with E-state index in [9.17, 15) is 0 Å². The fourth-order valence-electron chi connectivity index (χ4n) is 2.02. The summed E-state index contributed by atoms with van der Waals surface area (Å²) in [5.41, 5.74) is 3.17. The molecule has 21 heavy (non-hydrogen) atoms. The Bertz CT molecular complexity index is 681. The molecular weight excluding hydrogens is 264 g/mol. The molecule has 0 unspecified atom stereocenters. The third kappa shape index (κ3) is 3.10. The highest BCUT2D eigenvalue weighted by Gasteiger charge is 2.02. The standard InChI is InChI=1S/C15H18N6/c1-12(2)20-11-13(10-19-20)9-16-14-3-5-15(6-4-14)21-17-7-8-18-21/h3-8,10-12,16H,9H2,1-2H3. The normalized spacial score (nSPS) is 11.0. The summed E-state index contributed by atoms with van der Waals surface area (Å²) in [6.45, 7) is 4.99. The largest absolute Gasteiger partial charge is 0.381 e. The van der Waals surface area contributed by atoms with Gasteiger partial charge in [-0.05, 0) is 38.1 Å². The van der Waals surface area contributed by atoms with Crippen molar-refractivity contribution < 1.29 is 0 Å². The second-order valence-electron chi connectivity index (χ2n) is 5.14. The Morgan fingerprint density at radius 1 is 1.05 bits per heavy atom. The molecule has 2 heterocycles. The monoisotopic (exact) mass is 282 g/mol. The molecule has 0 aliphatic heterocycles. The second kappa shape index (κ2) is 5.78. The zero-order chi connectivity index (χ0) is 14.7. The minimum atomic E-state index is 0.389. The number of hydrogen-bond acceptors (Lipinski definition) is 4. The van der Waals surface area contributed by atoms with Crippen LogP contribution in [0.3, 0.4) is 0 Å². The van der Waals surface area contributed by atoms with Crippen LogP contribution in [-0.2, 0) is 6.54 Å². The molecule has 0 saturated carbocycles. The minimum Gasteiger partial charge on any atom is -0.381 e. The average Bonchev–Trinajstić information content (AvgIpc) is 3.17. The van der Waals surface area contributed by atoms with Crippen LogP contribution in [0.1, 0.15) is 25.5 Å². The number of nitrogens with zero attached hydrogens (tertiary/aromatic N) is 5. The zero-order valence-corrected chi connectivity index (χ0v) is 12.1. The van der Waals surface area contributed by atoms with Crippen LogP contribution in [0, 0.1) is 0 Å². The van der Waals surface area contributed by atoms with Crippen LogP contribution in [0.2, 0.25) is 0 Å². The van der Waals surface area contributed by atoms with Crippen molar-refractivity contribution in [3.05, 3.63) is 54.6 Å². The summed E-state index contributed by atoms with van der Waals surface area (Å²) in [6.07, 6.45) is 7.30. The summed E-state index contributed by atoms with van der Waals surface area (Å²) in [5.74, 6) is 0. The Hall–Kier alpha value is -2.63. The van der Waals surface area contributed by atoms with Gasteiger partial charge in [-0.15, -0.1) is 0 Å². The number of aromatic nitrogens is 5. The van der Waals surface area contributed by atoms with E-state index < -0.39 is 0 Å². The molecule has 0 saturated heterocycles. The van der Waals surface area contributed by atoms with Crippen LogP contribution in [-0.4, -0.2) is 24.8 Å². The maximum Gasteiger partial charge on any atom is 0.0858 e. The molecule has 2 aromatic heterocycles. The summed E-state index contributed by atoms with van der Waals surface area (Å²) < 4.78 is 1.96. The van der Waals surface area contributed by atoms with Gasteiger partial charge in [0.2, 0.25) is 0 Å². The highest BCUT2D eigenvalue weighted by atomic mass is 15.5. The van der Waals surface area contributed by atoms with E-state index >= 15 is 0 Å². The molecule has 1 N–H and O–H groups in total. The van der Waals surface area contributed by atoms with E-state index in [4.69, 9.17) is 0 Å². The van der Waals surface area contributed by atoms with E-state index in [-0.39, 0.29) is 0 Å². The van der Waals surface area contributed by atoms with Gasteiger partial charge in [-0.2, -0.15) is 20.1 Å². The van der Waals surface area contributed by atoms with Crippen LogP contribution >= 0.6 is 0 Å². The molecule has 0 radical (unpaired) electrons. The van der Waals surface area contributed by atoms with Crippen LogP contribution < -0.4 is 5.32 Å². The van der Waals surface area contributed by atoms with Crippen molar-refractivity contribution in [1.82, 2.24) is 24.8 Å². The van der Waals surface area contributed by atoms with Gasteiger partial charge in [-0.1, -0.05) is 0 Å². The third-order valence-corrected chi connectivity index (χ3v) is 3.20. The van der Waals surface area contributed by atoms with Gasteiger partial charge in [-0.25, -0.2) is 0 Å². The molecule has 6 heteroatoms. The van der Waals surface area contributed by atoms with Gasteiger partial charge >= 0.3 is 0 Å². The van der Waals surface area contributed by atoms with Crippen molar-refractivity contribution in [3.63, 3.8) is 0 Å². The van der Waals surface area contributed by atoms with Crippen LogP contribution in [0.15, 0.2) is 49.1 Å². The predicted molar refractivity (Wildman–Crippen MR) is 81.3 cm³/mol. The Morgan fingerprint density at radius 3 is 2.38 bits per heavy atom. The summed E-state index contributed by atoms with van der Waals surface area (Å²) in [7, 11) is 0. The molecule has 3 aromatic rings. The first-order chi connectivity index (χ1) is 10.2. The van der Waals surface area contributed by atoms with Crippen molar-refractivity contribution >= 4 is 5.69 Å². The Kier molecular flexibility index (Phi) is 3.68. The van der Waals surface area contributed by atoms with Crippen molar-refractivity contribution in [2.75, 3.05) is 5.32 Å². The molecule has 0 aliphatic carbocycles. The topological polar surface area (TPSA) is 60.6 Å². The van der Waals surface area contributed by atoms with E-state index in [0.717, 1.165) is 17.9 Å². The van der Waals surface area contributed by atoms with Crippen molar-refractivity contribution in [3.8, 4) is 5.69 Å². The van der Waals surface area contributed by atoms with Crippen LogP contribution in [0.5, 0.6) is 0 Å². The first-order valence-corrected chi connectivity index (χ1v) is 6.96. The molecule has 0 amide bonds. The van der Waals surface area contributed by atoms with E-state index in [1.807, 2.05) is 35.1 Å². The third-order valence-electron chi connectivity index (χ3n) is 3.20. The molecule has 6 nitrogen and oxygen atoms in total. The molecule has 108 valence electrons. The lowest BCUT2D eigenvalue weighted by Gasteiger charge is -2.06. The Balaban J connectivity index is 1.62. The summed E-state index contributed by atoms with van der Waals surface area (Å²) >= 11 is 0. The Labute approximate surface area is 123 Å². The second-order valence-corrected chi connectivity index (χ2v) is 5.14. The Morgan fingerprint density at radius 2 is 1.76 bits per heavy atom. The maximum atomic E-state index is 4.33. The number of anilines is 1. The quantitative estimate of drug-likeness (QED) is 0.781. The average molecular weight is 282 g/mol. The van der Waals surface area contributed by atoms with Gasteiger partial charge < -0.3 is 5.32 Å². The van der Waals surface area contributed by atoms with E-state index in [2.05, 4.69) is 40.7 Å². The molecule has 3 rings (SSSR count). The lowest BCUT2D eigenvalue weighted by atomic mass is 10.2. The van der Waals surface area contributed by atoms with Gasteiger partial charge in [-0.3, -0.25) is 4.68 Å². The smallest absolute Gasteiger partial charge is 0.0858 e. The minimum absolute atomic E-state index is 0.389. The van der Waals surface area contributed by atoms with Crippen molar-refractivity contribution in [2.24, 2.45) is 0 Å². The molecule has 0 bridgehead atoms. The lowest BCUT2D eigenvalue weighted by Crippen LogP contribution is -2.02. The lowest BCUT2D eigenvalue weighted by molar-refractivity contribution is 0.532. The highest BCUT2D eigenvalue weighted by Crippen LogP contribution is 2.13. The molecule has 0 atom stereocenters.